The van der Waals surface area contributed by atoms with Gasteiger partial charge in [0.2, 0.25) is 0 Å². The first-order valence-electron chi connectivity index (χ1n) is 7.45. The number of hydrogen-bond acceptors (Lipinski definition) is 3. The third-order valence-corrected chi connectivity index (χ3v) is 3.93. The highest BCUT2D eigenvalue weighted by Gasteiger charge is 2.19. The van der Waals surface area contributed by atoms with Crippen LogP contribution in [0, 0.1) is 0 Å². The number of hydrogen-bond donors (Lipinski definition) is 2. The van der Waals surface area contributed by atoms with Gasteiger partial charge in [-0.05, 0) is 28.7 Å². The molecule has 1 aliphatic rings. The summed E-state index contributed by atoms with van der Waals surface area (Å²) in [5.74, 6) is 0. The molecular formula is C18H21NO2. The zero-order valence-corrected chi connectivity index (χ0v) is 12.1. The first kappa shape index (κ1) is 14.3. The van der Waals surface area contributed by atoms with E-state index < -0.39 is 0 Å². The molecule has 0 saturated heterocycles. The number of benzene rings is 2. The van der Waals surface area contributed by atoms with Crippen molar-refractivity contribution in [2.24, 2.45) is 0 Å². The Labute approximate surface area is 125 Å². The third kappa shape index (κ3) is 3.50. The molecule has 2 N–H and O–H groups in total. The minimum Gasteiger partial charge on any atom is -0.392 e. The van der Waals surface area contributed by atoms with E-state index in [1.165, 1.54) is 16.7 Å². The third-order valence-electron chi connectivity index (χ3n) is 3.93. The van der Waals surface area contributed by atoms with Gasteiger partial charge in [0, 0.05) is 13.1 Å². The van der Waals surface area contributed by atoms with Gasteiger partial charge in [0.05, 0.1) is 19.3 Å². The molecule has 3 nitrogen and oxygen atoms in total. The predicted molar refractivity (Wildman–Crippen MR) is 82.9 cm³/mol. The minimum absolute atomic E-state index is 0.0902. The number of rotatable bonds is 5. The Balaban J connectivity index is 1.59. The molecule has 110 valence electrons. The highest BCUT2D eigenvalue weighted by Crippen LogP contribution is 2.26. The maximum Gasteiger partial charge on any atom is 0.0952 e. The standard InChI is InChI=1S/C18H21NO2/c20-13-15-5-3-4-14(10-15)11-19-12-18-17-7-2-1-6-16(17)8-9-21-18/h1-7,10,18-20H,8-9,11-13H2. The fourth-order valence-corrected chi connectivity index (χ4v) is 2.83. The zero-order chi connectivity index (χ0) is 14.5. The molecule has 0 spiro atoms. The Bertz CT molecular complexity index is 597. The van der Waals surface area contributed by atoms with Gasteiger partial charge in [-0.15, -0.1) is 0 Å². The Morgan fingerprint density at radius 3 is 2.86 bits per heavy atom. The van der Waals surface area contributed by atoms with Gasteiger partial charge in [0.25, 0.3) is 0 Å². The van der Waals surface area contributed by atoms with Gasteiger partial charge in [-0.3, -0.25) is 0 Å². The van der Waals surface area contributed by atoms with Crippen LogP contribution in [0.1, 0.15) is 28.4 Å². The first-order chi connectivity index (χ1) is 10.4. The molecule has 1 unspecified atom stereocenters. The molecule has 1 atom stereocenters. The molecule has 1 aliphatic heterocycles. The van der Waals surface area contributed by atoms with E-state index in [2.05, 4.69) is 35.6 Å². The van der Waals surface area contributed by atoms with Crippen LogP contribution in [-0.2, 0) is 24.3 Å². The van der Waals surface area contributed by atoms with Crippen LogP contribution in [0.15, 0.2) is 48.5 Å². The van der Waals surface area contributed by atoms with Crippen LogP contribution < -0.4 is 5.32 Å². The number of aliphatic hydroxyl groups excluding tert-OH is 1. The molecular weight excluding hydrogens is 262 g/mol. The summed E-state index contributed by atoms with van der Waals surface area (Å²) in [7, 11) is 0. The van der Waals surface area contributed by atoms with Crippen molar-refractivity contribution in [3.63, 3.8) is 0 Å². The summed E-state index contributed by atoms with van der Waals surface area (Å²) in [4.78, 5) is 0. The fraction of sp³-hybridized carbons (Fsp3) is 0.333. The van der Waals surface area contributed by atoms with Crippen molar-refractivity contribution in [3.05, 3.63) is 70.8 Å². The molecule has 0 saturated carbocycles. The molecule has 0 bridgehead atoms. The number of ether oxygens (including phenoxy) is 1. The lowest BCUT2D eigenvalue weighted by Gasteiger charge is -2.26. The average molecular weight is 283 g/mol. The van der Waals surface area contributed by atoms with Gasteiger partial charge >= 0.3 is 0 Å². The van der Waals surface area contributed by atoms with E-state index in [0.29, 0.717) is 0 Å². The molecule has 0 aromatic heterocycles. The molecule has 3 heteroatoms. The molecule has 21 heavy (non-hydrogen) atoms. The van der Waals surface area contributed by atoms with Crippen LogP contribution in [0.5, 0.6) is 0 Å². The highest BCUT2D eigenvalue weighted by molar-refractivity contribution is 5.31. The van der Waals surface area contributed by atoms with Crippen molar-refractivity contribution in [2.45, 2.75) is 25.7 Å². The van der Waals surface area contributed by atoms with Gasteiger partial charge in [-0.25, -0.2) is 0 Å². The molecule has 0 amide bonds. The molecule has 0 aliphatic carbocycles. The minimum atomic E-state index is 0.0902. The van der Waals surface area contributed by atoms with Crippen molar-refractivity contribution < 1.29 is 9.84 Å². The molecule has 2 aromatic rings. The van der Waals surface area contributed by atoms with Crippen LogP contribution in [0.4, 0.5) is 0 Å². The van der Waals surface area contributed by atoms with Crippen LogP contribution in [-0.4, -0.2) is 18.3 Å². The van der Waals surface area contributed by atoms with E-state index in [9.17, 15) is 0 Å². The Hall–Kier alpha value is -1.68. The Morgan fingerprint density at radius 2 is 1.95 bits per heavy atom. The lowest BCUT2D eigenvalue weighted by atomic mass is 9.97. The van der Waals surface area contributed by atoms with Crippen molar-refractivity contribution in [2.75, 3.05) is 13.2 Å². The molecule has 3 rings (SSSR count). The quantitative estimate of drug-likeness (QED) is 0.886. The molecule has 2 aromatic carbocycles. The van der Waals surface area contributed by atoms with Gasteiger partial charge < -0.3 is 15.2 Å². The summed E-state index contributed by atoms with van der Waals surface area (Å²) >= 11 is 0. The van der Waals surface area contributed by atoms with E-state index in [-0.39, 0.29) is 12.7 Å². The second-order valence-corrected chi connectivity index (χ2v) is 5.42. The second kappa shape index (κ2) is 6.85. The first-order valence-corrected chi connectivity index (χ1v) is 7.45. The maximum absolute atomic E-state index is 9.16. The summed E-state index contributed by atoms with van der Waals surface area (Å²) < 4.78 is 5.88. The lowest BCUT2D eigenvalue weighted by Crippen LogP contribution is -2.27. The molecule has 1 heterocycles. The molecule has 0 radical (unpaired) electrons. The van der Waals surface area contributed by atoms with Crippen LogP contribution in [0.3, 0.4) is 0 Å². The fourth-order valence-electron chi connectivity index (χ4n) is 2.83. The van der Waals surface area contributed by atoms with Gasteiger partial charge in [-0.2, -0.15) is 0 Å². The number of fused-ring (bicyclic) bond motifs is 1. The summed E-state index contributed by atoms with van der Waals surface area (Å²) in [6.07, 6.45) is 1.14. The summed E-state index contributed by atoms with van der Waals surface area (Å²) in [6.45, 7) is 2.48. The highest BCUT2D eigenvalue weighted by atomic mass is 16.5. The second-order valence-electron chi connectivity index (χ2n) is 5.42. The zero-order valence-electron chi connectivity index (χ0n) is 12.1. The smallest absolute Gasteiger partial charge is 0.0952 e. The largest absolute Gasteiger partial charge is 0.392 e. The van der Waals surface area contributed by atoms with Gasteiger partial charge in [-0.1, -0.05) is 48.5 Å². The number of aliphatic hydroxyl groups is 1. The van der Waals surface area contributed by atoms with Crippen LogP contribution in [0.25, 0.3) is 0 Å². The SMILES string of the molecule is OCc1cccc(CNCC2OCCc3ccccc32)c1. The molecule has 0 fully saturated rings. The predicted octanol–water partition coefficient (Wildman–Crippen LogP) is 2.58. The monoisotopic (exact) mass is 283 g/mol. The lowest BCUT2D eigenvalue weighted by molar-refractivity contribution is 0.0423. The summed E-state index contributed by atoms with van der Waals surface area (Å²) in [5.41, 5.74) is 4.84. The van der Waals surface area contributed by atoms with E-state index in [0.717, 1.165) is 31.7 Å². The average Bonchev–Trinajstić information content (AvgIpc) is 2.55. The Kier molecular flexibility index (Phi) is 4.65. The Morgan fingerprint density at radius 1 is 1.10 bits per heavy atom. The number of nitrogens with one attached hydrogen (secondary N) is 1. The van der Waals surface area contributed by atoms with Gasteiger partial charge in [0.1, 0.15) is 0 Å². The summed E-state index contributed by atoms with van der Waals surface area (Å²) in [5, 5.41) is 12.6. The summed E-state index contributed by atoms with van der Waals surface area (Å²) in [6, 6.07) is 16.5. The topological polar surface area (TPSA) is 41.5 Å². The van der Waals surface area contributed by atoms with Crippen molar-refractivity contribution in [1.29, 1.82) is 0 Å². The van der Waals surface area contributed by atoms with E-state index in [1.807, 2.05) is 18.2 Å². The normalized spacial score (nSPS) is 17.5. The van der Waals surface area contributed by atoms with Gasteiger partial charge in [0.15, 0.2) is 0 Å². The van der Waals surface area contributed by atoms with E-state index in [1.54, 1.807) is 0 Å². The van der Waals surface area contributed by atoms with Crippen LogP contribution >= 0.6 is 0 Å². The van der Waals surface area contributed by atoms with Crippen molar-refractivity contribution in [3.8, 4) is 0 Å². The van der Waals surface area contributed by atoms with E-state index in [4.69, 9.17) is 9.84 Å². The maximum atomic E-state index is 9.16. The van der Waals surface area contributed by atoms with Crippen LogP contribution in [0.2, 0.25) is 0 Å². The van der Waals surface area contributed by atoms with E-state index >= 15 is 0 Å². The van der Waals surface area contributed by atoms with Crippen molar-refractivity contribution in [1.82, 2.24) is 5.32 Å². The van der Waals surface area contributed by atoms with Crippen molar-refractivity contribution >= 4 is 0 Å².